The fraction of sp³-hybridized carbons (Fsp3) is 0.222. The summed E-state index contributed by atoms with van der Waals surface area (Å²) in [5, 5.41) is 5.51. The van der Waals surface area contributed by atoms with E-state index in [1.807, 2.05) is 18.4 Å². The van der Waals surface area contributed by atoms with Gasteiger partial charge in [-0.25, -0.2) is 0 Å². The highest BCUT2D eigenvalue weighted by Crippen LogP contribution is 2.28. The Kier molecular flexibility index (Phi) is 6.26. The van der Waals surface area contributed by atoms with Crippen molar-refractivity contribution in [1.82, 2.24) is 0 Å². The molecule has 2 aromatic carbocycles. The van der Waals surface area contributed by atoms with Gasteiger partial charge in [0, 0.05) is 23.9 Å². The zero-order chi connectivity index (χ0) is 17.5. The largest absolute Gasteiger partial charge is 0.495 e. The van der Waals surface area contributed by atoms with E-state index in [1.54, 1.807) is 42.1 Å². The Morgan fingerprint density at radius 1 is 1.08 bits per heavy atom. The molecule has 0 aliphatic rings. The first kappa shape index (κ1) is 17.9. The molecular formula is C18H20N2O3S. The maximum absolute atomic E-state index is 12.3. The van der Waals surface area contributed by atoms with Gasteiger partial charge in [0.15, 0.2) is 0 Å². The van der Waals surface area contributed by atoms with Gasteiger partial charge >= 0.3 is 0 Å². The normalized spacial score (nSPS) is 10.1. The molecule has 0 atom stereocenters. The van der Waals surface area contributed by atoms with Gasteiger partial charge in [0.25, 0.3) is 5.91 Å². The van der Waals surface area contributed by atoms with E-state index in [2.05, 4.69) is 10.6 Å². The number of ether oxygens (including phenoxy) is 1. The average Bonchev–Trinajstić information content (AvgIpc) is 2.55. The molecule has 5 nitrogen and oxygen atoms in total. The third-order valence-corrected chi connectivity index (χ3v) is 3.92. The van der Waals surface area contributed by atoms with Gasteiger partial charge in [-0.3, -0.25) is 9.59 Å². The molecule has 0 saturated carbocycles. The molecule has 0 aromatic heterocycles. The van der Waals surface area contributed by atoms with Gasteiger partial charge in [-0.2, -0.15) is 11.8 Å². The highest BCUT2D eigenvalue weighted by molar-refractivity contribution is 7.97. The van der Waals surface area contributed by atoms with E-state index >= 15 is 0 Å². The molecule has 0 aliphatic carbocycles. The summed E-state index contributed by atoms with van der Waals surface area (Å²) in [5.74, 6) is 1.04. The van der Waals surface area contributed by atoms with Crippen molar-refractivity contribution in [3.8, 4) is 5.75 Å². The van der Waals surface area contributed by atoms with Crippen LogP contribution in [0.3, 0.4) is 0 Å². The molecule has 0 saturated heterocycles. The van der Waals surface area contributed by atoms with Gasteiger partial charge in [-0.15, -0.1) is 0 Å². The summed E-state index contributed by atoms with van der Waals surface area (Å²) in [5.41, 5.74) is 2.85. The van der Waals surface area contributed by atoms with Crippen LogP contribution in [0.4, 0.5) is 11.4 Å². The molecule has 2 N–H and O–H groups in total. The van der Waals surface area contributed by atoms with Gasteiger partial charge in [0.1, 0.15) is 5.75 Å². The van der Waals surface area contributed by atoms with Crippen LogP contribution in [0.15, 0.2) is 42.5 Å². The summed E-state index contributed by atoms with van der Waals surface area (Å²) in [6.45, 7) is 1.42. The number of hydrogen-bond acceptors (Lipinski definition) is 4. The average molecular weight is 344 g/mol. The number of hydrogen-bond donors (Lipinski definition) is 2. The number of benzene rings is 2. The fourth-order valence-corrected chi connectivity index (χ4v) is 2.72. The first-order chi connectivity index (χ1) is 11.5. The molecule has 0 radical (unpaired) electrons. The van der Waals surface area contributed by atoms with E-state index in [0.717, 1.165) is 5.75 Å². The number of carbonyl (C=O) groups excluding carboxylic acids is 2. The smallest absolute Gasteiger partial charge is 0.255 e. The second kappa shape index (κ2) is 8.40. The van der Waals surface area contributed by atoms with Crippen molar-refractivity contribution in [2.24, 2.45) is 0 Å². The Balaban J connectivity index is 2.14. The number of amides is 2. The van der Waals surface area contributed by atoms with Crippen LogP contribution in [0.5, 0.6) is 5.75 Å². The van der Waals surface area contributed by atoms with Gasteiger partial charge in [0.2, 0.25) is 5.91 Å². The third-order valence-electron chi connectivity index (χ3n) is 3.30. The summed E-state index contributed by atoms with van der Waals surface area (Å²) in [6, 6.07) is 12.6. The van der Waals surface area contributed by atoms with Crippen LogP contribution in [0, 0.1) is 0 Å². The molecule has 0 bridgehead atoms. The lowest BCUT2D eigenvalue weighted by Crippen LogP contribution is -2.13. The maximum atomic E-state index is 12.3. The molecule has 2 amide bonds. The Bertz CT molecular complexity index is 730. The summed E-state index contributed by atoms with van der Waals surface area (Å²) in [6.07, 6.45) is 2.04. The van der Waals surface area contributed by atoms with Gasteiger partial charge in [0.05, 0.1) is 12.8 Å². The number of methoxy groups -OCH3 is 1. The standard InChI is InChI=1S/C18H20N2O3S/c1-12(21)19-16-10-15(8-9-17(16)23-2)20-18(22)14-6-4-13(5-7-14)11-24-3/h4-10H,11H2,1-3H3,(H,19,21)(H,20,22). The van der Waals surface area contributed by atoms with Crippen molar-refractivity contribution in [1.29, 1.82) is 0 Å². The van der Waals surface area contributed by atoms with Gasteiger partial charge in [-0.05, 0) is 42.2 Å². The van der Waals surface area contributed by atoms with Crippen LogP contribution >= 0.6 is 11.8 Å². The highest BCUT2D eigenvalue weighted by atomic mass is 32.2. The van der Waals surface area contributed by atoms with E-state index in [-0.39, 0.29) is 11.8 Å². The lowest BCUT2D eigenvalue weighted by Gasteiger charge is -2.12. The lowest BCUT2D eigenvalue weighted by atomic mass is 10.1. The van der Waals surface area contributed by atoms with Crippen LogP contribution in [0.25, 0.3) is 0 Å². The van der Waals surface area contributed by atoms with Crippen LogP contribution in [0.2, 0.25) is 0 Å². The molecule has 24 heavy (non-hydrogen) atoms. The van der Waals surface area contributed by atoms with Crippen LogP contribution in [-0.4, -0.2) is 25.2 Å². The van der Waals surface area contributed by atoms with Crippen molar-refractivity contribution < 1.29 is 14.3 Å². The zero-order valence-electron chi connectivity index (χ0n) is 13.9. The quantitative estimate of drug-likeness (QED) is 0.837. The molecule has 0 heterocycles. The SMILES string of the molecule is COc1ccc(NC(=O)c2ccc(CSC)cc2)cc1NC(C)=O. The number of anilines is 2. The minimum absolute atomic E-state index is 0.204. The molecule has 2 rings (SSSR count). The molecule has 0 fully saturated rings. The molecule has 0 unspecified atom stereocenters. The van der Waals surface area contributed by atoms with E-state index in [9.17, 15) is 9.59 Å². The van der Waals surface area contributed by atoms with Crippen molar-refractivity contribution in [2.75, 3.05) is 24.0 Å². The number of nitrogens with one attached hydrogen (secondary N) is 2. The third kappa shape index (κ3) is 4.76. The Morgan fingerprint density at radius 2 is 1.79 bits per heavy atom. The maximum Gasteiger partial charge on any atom is 0.255 e. The number of carbonyl (C=O) groups is 2. The minimum atomic E-state index is -0.207. The first-order valence-corrected chi connectivity index (χ1v) is 8.77. The topological polar surface area (TPSA) is 67.4 Å². The summed E-state index contributed by atoms with van der Waals surface area (Å²) in [4.78, 5) is 23.6. The van der Waals surface area contributed by atoms with Crippen molar-refractivity contribution in [3.05, 3.63) is 53.6 Å². The predicted octanol–water partition coefficient (Wildman–Crippen LogP) is 3.77. The number of thioether (sulfide) groups is 1. The van der Waals surface area contributed by atoms with Gasteiger partial charge < -0.3 is 15.4 Å². The second-order valence-corrected chi connectivity index (χ2v) is 6.05. The van der Waals surface area contributed by atoms with Crippen molar-refractivity contribution in [2.45, 2.75) is 12.7 Å². The lowest BCUT2D eigenvalue weighted by molar-refractivity contribution is -0.114. The molecular weight excluding hydrogens is 324 g/mol. The fourth-order valence-electron chi connectivity index (χ4n) is 2.20. The monoisotopic (exact) mass is 344 g/mol. The van der Waals surface area contributed by atoms with Crippen molar-refractivity contribution >= 4 is 35.0 Å². The Labute approximate surface area is 145 Å². The van der Waals surface area contributed by atoms with E-state index in [0.29, 0.717) is 22.7 Å². The molecule has 2 aromatic rings. The van der Waals surface area contributed by atoms with E-state index in [4.69, 9.17) is 4.74 Å². The van der Waals surface area contributed by atoms with Gasteiger partial charge in [-0.1, -0.05) is 12.1 Å². The van der Waals surface area contributed by atoms with Crippen molar-refractivity contribution in [3.63, 3.8) is 0 Å². The Morgan fingerprint density at radius 3 is 2.38 bits per heavy atom. The highest BCUT2D eigenvalue weighted by Gasteiger charge is 2.10. The summed E-state index contributed by atoms with van der Waals surface area (Å²) in [7, 11) is 1.52. The van der Waals surface area contributed by atoms with Crippen LogP contribution in [0.1, 0.15) is 22.8 Å². The van der Waals surface area contributed by atoms with Crippen LogP contribution in [-0.2, 0) is 10.5 Å². The molecule has 0 aliphatic heterocycles. The summed E-state index contributed by atoms with van der Waals surface area (Å²) < 4.78 is 5.20. The second-order valence-electron chi connectivity index (χ2n) is 5.18. The van der Waals surface area contributed by atoms with E-state index < -0.39 is 0 Å². The molecule has 0 spiro atoms. The summed E-state index contributed by atoms with van der Waals surface area (Å²) >= 11 is 1.73. The molecule has 6 heteroatoms. The van der Waals surface area contributed by atoms with Crippen LogP contribution < -0.4 is 15.4 Å². The first-order valence-electron chi connectivity index (χ1n) is 7.38. The van der Waals surface area contributed by atoms with E-state index in [1.165, 1.54) is 19.6 Å². The predicted molar refractivity (Wildman–Crippen MR) is 98.9 cm³/mol. The number of rotatable bonds is 6. The Hall–Kier alpha value is -2.47. The molecule has 126 valence electrons. The minimum Gasteiger partial charge on any atom is -0.495 e. The zero-order valence-corrected chi connectivity index (χ0v) is 14.7.